The summed E-state index contributed by atoms with van der Waals surface area (Å²) in [7, 11) is 0. The van der Waals surface area contributed by atoms with Crippen molar-refractivity contribution in [3.63, 3.8) is 0 Å². The summed E-state index contributed by atoms with van der Waals surface area (Å²) in [4.78, 5) is 30.5. The largest absolute Gasteiger partial charge is 0.549 e. The molecular formula is C6H7O5-. The van der Waals surface area contributed by atoms with E-state index < -0.39 is 23.6 Å². The lowest BCUT2D eigenvalue weighted by Crippen LogP contribution is -2.38. The van der Waals surface area contributed by atoms with E-state index >= 15 is 0 Å². The van der Waals surface area contributed by atoms with Gasteiger partial charge in [-0.2, -0.15) is 0 Å². The van der Waals surface area contributed by atoms with Gasteiger partial charge in [0.1, 0.15) is 0 Å². The number of rotatable bonds is 4. The number of hydrogen-bond acceptors (Lipinski definition) is 4. The number of aliphatic carboxylic acids is 2. The van der Waals surface area contributed by atoms with E-state index in [0.717, 1.165) is 0 Å². The van der Waals surface area contributed by atoms with Crippen LogP contribution in [0.4, 0.5) is 0 Å². The minimum atomic E-state index is -1.74. The van der Waals surface area contributed by atoms with E-state index in [4.69, 9.17) is 5.11 Å². The zero-order valence-corrected chi connectivity index (χ0v) is 5.86. The summed E-state index contributed by atoms with van der Waals surface area (Å²) in [5.41, 5.74) is 0. The number of carbonyl (C=O) groups is 3. The van der Waals surface area contributed by atoms with Crippen LogP contribution in [0.3, 0.4) is 0 Å². The van der Waals surface area contributed by atoms with Crippen molar-refractivity contribution in [2.24, 2.45) is 5.92 Å². The third-order valence-electron chi connectivity index (χ3n) is 1.22. The van der Waals surface area contributed by atoms with Crippen LogP contribution in [-0.4, -0.2) is 22.8 Å². The first-order valence-corrected chi connectivity index (χ1v) is 2.98. The van der Waals surface area contributed by atoms with Crippen LogP contribution in [-0.2, 0) is 14.4 Å². The van der Waals surface area contributed by atoms with Gasteiger partial charge in [-0.25, -0.2) is 4.79 Å². The van der Waals surface area contributed by atoms with Gasteiger partial charge in [-0.05, 0) is 6.42 Å². The molecule has 0 heterocycles. The fourth-order valence-electron chi connectivity index (χ4n) is 0.608. The van der Waals surface area contributed by atoms with E-state index in [9.17, 15) is 19.5 Å². The molecule has 0 aromatic heterocycles. The summed E-state index contributed by atoms with van der Waals surface area (Å²) in [6, 6.07) is 0. The third kappa shape index (κ3) is 2.37. The molecule has 0 spiro atoms. The molecule has 5 nitrogen and oxygen atoms in total. The molecule has 1 N–H and O–H groups in total. The highest BCUT2D eigenvalue weighted by molar-refractivity contribution is 6.36. The number of carbonyl (C=O) groups excluding carboxylic acids is 2. The molecule has 0 rings (SSSR count). The second-order valence-electron chi connectivity index (χ2n) is 1.95. The topological polar surface area (TPSA) is 94.5 Å². The summed E-state index contributed by atoms with van der Waals surface area (Å²) in [5, 5.41) is 18.2. The molecule has 11 heavy (non-hydrogen) atoms. The van der Waals surface area contributed by atoms with E-state index in [1.54, 1.807) is 0 Å². The summed E-state index contributed by atoms with van der Waals surface area (Å²) in [5.74, 6) is -6.22. The van der Waals surface area contributed by atoms with Gasteiger partial charge in [0.2, 0.25) is 5.78 Å². The highest BCUT2D eigenvalue weighted by Gasteiger charge is 2.23. The van der Waals surface area contributed by atoms with Crippen LogP contribution in [0.2, 0.25) is 0 Å². The monoisotopic (exact) mass is 159 g/mol. The Bertz CT molecular complexity index is 195. The van der Waals surface area contributed by atoms with Crippen molar-refractivity contribution in [3.05, 3.63) is 0 Å². The number of ketones is 1. The number of carboxylic acids is 2. The van der Waals surface area contributed by atoms with Crippen molar-refractivity contribution in [1.29, 1.82) is 0 Å². The van der Waals surface area contributed by atoms with Crippen LogP contribution in [0, 0.1) is 5.92 Å². The maximum absolute atomic E-state index is 10.5. The fourth-order valence-corrected chi connectivity index (χ4v) is 0.608. The molecule has 1 atom stereocenters. The minimum absolute atomic E-state index is 0.0620. The lowest BCUT2D eigenvalue weighted by atomic mass is 10.0. The van der Waals surface area contributed by atoms with Gasteiger partial charge in [0.15, 0.2) is 0 Å². The maximum atomic E-state index is 10.5. The quantitative estimate of drug-likeness (QED) is 0.394. The summed E-state index contributed by atoms with van der Waals surface area (Å²) >= 11 is 0. The van der Waals surface area contributed by atoms with E-state index in [2.05, 4.69) is 0 Å². The number of hydrogen-bond donors (Lipinski definition) is 1. The molecule has 0 radical (unpaired) electrons. The molecule has 0 aromatic rings. The van der Waals surface area contributed by atoms with Crippen LogP contribution >= 0.6 is 0 Å². The van der Waals surface area contributed by atoms with Crippen molar-refractivity contribution in [1.82, 2.24) is 0 Å². The lowest BCUT2D eigenvalue weighted by molar-refractivity contribution is -0.310. The van der Waals surface area contributed by atoms with E-state index in [1.165, 1.54) is 6.92 Å². The molecule has 0 bridgehead atoms. The summed E-state index contributed by atoms with van der Waals surface area (Å²) in [6.45, 7) is 1.40. The number of carboxylic acid groups (broad SMARTS) is 2. The van der Waals surface area contributed by atoms with E-state index in [-0.39, 0.29) is 6.42 Å². The first kappa shape index (κ1) is 9.61. The molecular weight excluding hydrogens is 152 g/mol. The first-order chi connectivity index (χ1) is 5.00. The van der Waals surface area contributed by atoms with E-state index in [1.807, 2.05) is 0 Å². The van der Waals surface area contributed by atoms with E-state index in [0.29, 0.717) is 0 Å². The van der Waals surface area contributed by atoms with Gasteiger partial charge in [0.25, 0.3) is 0 Å². The SMILES string of the molecule is CCC(C(=O)[O-])C(=O)C(=O)O. The standard InChI is InChI=1S/C6H8O5/c1-2-3(5(8)9)4(7)6(10)11/h3H,2H2,1H3,(H,8,9)(H,10,11)/p-1. The van der Waals surface area contributed by atoms with Crippen LogP contribution < -0.4 is 5.11 Å². The average molecular weight is 159 g/mol. The zero-order chi connectivity index (χ0) is 9.02. The molecule has 0 aliphatic carbocycles. The van der Waals surface area contributed by atoms with Crippen molar-refractivity contribution in [2.75, 3.05) is 0 Å². The second-order valence-corrected chi connectivity index (χ2v) is 1.95. The van der Waals surface area contributed by atoms with Gasteiger partial charge < -0.3 is 15.0 Å². The molecule has 0 saturated carbocycles. The minimum Gasteiger partial charge on any atom is -0.549 e. The van der Waals surface area contributed by atoms with Crippen molar-refractivity contribution < 1.29 is 24.6 Å². The molecule has 0 aromatic carbocycles. The Hall–Kier alpha value is -1.39. The predicted octanol–water partition coefficient (Wildman–Crippen LogP) is -1.58. The predicted molar refractivity (Wildman–Crippen MR) is 31.4 cm³/mol. The smallest absolute Gasteiger partial charge is 0.372 e. The Morgan fingerprint density at radius 3 is 2.00 bits per heavy atom. The lowest BCUT2D eigenvalue weighted by Gasteiger charge is -2.10. The first-order valence-electron chi connectivity index (χ1n) is 2.98. The van der Waals surface area contributed by atoms with Crippen LogP contribution in [0.5, 0.6) is 0 Å². The molecule has 1 unspecified atom stereocenters. The normalized spacial score (nSPS) is 12.1. The fraction of sp³-hybridized carbons (Fsp3) is 0.500. The van der Waals surface area contributed by atoms with Crippen LogP contribution in [0.25, 0.3) is 0 Å². The average Bonchev–Trinajstić information content (AvgIpc) is 1.88. The Balaban J connectivity index is 4.39. The maximum Gasteiger partial charge on any atom is 0.372 e. The third-order valence-corrected chi connectivity index (χ3v) is 1.22. The van der Waals surface area contributed by atoms with Crippen LogP contribution in [0.1, 0.15) is 13.3 Å². The zero-order valence-electron chi connectivity index (χ0n) is 5.86. The highest BCUT2D eigenvalue weighted by atomic mass is 16.4. The number of Topliss-reactive ketones (excluding diaryl/α,β-unsaturated/α-hetero) is 1. The molecule has 5 heteroatoms. The van der Waals surface area contributed by atoms with Crippen molar-refractivity contribution >= 4 is 17.7 Å². The highest BCUT2D eigenvalue weighted by Crippen LogP contribution is 2.02. The Morgan fingerprint density at radius 2 is 1.91 bits per heavy atom. The second kappa shape index (κ2) is 3.70. The van der Waals surface area contributed by atoms with Crippen molar-refractivity contribution in [3.8, 4) is 0 Å². The molecule has 0 amide bonds. The molecule has 62 valence electrons. The van der Waals surface area contributed by atoms with Crippen LogP contribution in [0.15, 0.2) is 0 Å². The van der Waals surface area contributed by atoms with Gasteiger partial charge in [-0.1, -0.05) is 6.92 Å². The van der Waals surface area contributed by atoms with Gasteiger partial charge in [-0.15, -0.1) is 0 Å². The van der Waals surface area contributed by atoms with Gasteiger partial charge >= 0.3 is 5.97 Å². The molecule has 0 saturated heterocycles. The molecule has 0 aliphatic rings. The van der Waals surface area contributed by atoms with Gasteiger partial charge in [0, 0.05) is 0 Å². The van der Waals surface area contributed by atoms with Crippen molar-refractivity contribution in [2.45, 2.75) is 13.3 Å². The Labute approximate surface area is 62.6 Å². The summed E-state index contributed by atoms with van der Waals surface area (Å²) in [6.07, 6.45) is -0.0620. The Kier molecular flexibility index (Phi) is 3.23. The van der Waals surface area contributed by atoms with Gasteiger partial charge in [-0.3, -0.25) is 4.79 Å². The Morgan fingerprint density at radius 1 is 1.45 bits per heavy atom. The molecule has 0 aliphatic heterocycles. The molecule has 0 fully saturated rings. The van der Waals surface area contributed by atoms with Gasteiger partial charge in [0.05, 0.1) is 11.9 Å². The summed E-state index contributed by atoms with van der Waals surface area (Å²) < 4.78 is 0.